The van der Waals surface area contributed by atoms with Crippen LogP contribution in [0.5, 0.6) is 0 Å². The smallest absolute Gasteiger partial charge is 0.410 e. The van der Waals surface area contributed by atoms with Crippen LogP contribution in [0.25, 0.3) is 0 Å². The lowest BCUT2D eigenvalue weighted by Gasteiger charge is -2.42. The van der Waals surface area contributed by atoms with E-state index >= 15 is 0 Å². The van der Waals surface area contributed by atoms with Gasteiger partial charge in [0, 0.05) is 32.5 Å². The second-order valence-corrected chi connectivity index (χ2v) is 6.18. The van der Waals surface area contributed by atoms with Crippen molar-refractivity contribution in [2.45, 2.75) is 44.9 Å². The zero-order chi connectivity index (χ0) is 13.4. The highest BCUT2D eigenvalue weighted by Crippen LogP contribution is 2.33. The molecule has 0 atom stereocenters. The number of carbonyl (C=O) groups is 1. The second kappa shape index (κ2) is 4.70. The molecule has 0 aliphatic carbocycles. The van der Waals surface area contributed by atoms with E-state index in [1.807, 2.05) is 20.8 Å². The molecule has 2 rings (SSSR count). The van der Waals surface area contributed by atoms with Crippen LogP contribution < -0.4 is 0 Å². The number of likely N-dealkylation sites (N-methyl/N-ethyl adjacent to an activating group) is 1. The third-order valence-corrected chi connectivity index (χ3v) is 3.69. The minimum atomic E-state index is -0.424. The maximum Gasteiger partial charge on any atom is 0.410 e. The van der Waals surface area contributed by atoms with E-state index in [0.29, 0.717) is 13.1 Å². The van der Waals surface area contributed by atoms with Gasteiger partial charge in [0.05, 0.1) is 6.61 Å². The molecule has 1 spiro atoms. The van der Waals surface area contributed by atoms with Crippen molar-refractivity contribution in [3.8, 4) is 0 Å². The van der Waals surface area contributed by atoms with E-state index in [1.165, 1.54) is 0 Å². The Labute approximate surface area is 109 Å². The van der Waals surface area contributed by atoms with Crippen molar-refractivity contribution in [2.75, 3.05) is 33.3 Å². The molecule has 1 amide bonds. The number of likely N-dealkylation sites (tertiary alicyclic amines) is 1. The fourth-order valence-corrected chi connectivity index (χ4v) is 2.58. The topological polar surface area (TPSA) is 42.0 Å². The molecular formula is C13H24N2O3. The largest absolute Gasteiger partial charge is 0.444 e. The van der Waals surface area contributed by atoms with Gasteiger partial charge < -0.3 is 14.4 Å². The number of rotatable bonds is 0. The van der Waals surface area contributed by atoms with Crippen molar-refractivity contribution < 1.29 is 14.3 Å². The number of hydrogen-bond acceptors (Lipinski definition) is 4. The number of piperidine rings is 1. The molecule has 0 unspecified atom stereocenters. The first-order chi connectivity index (χ1) is 8.32. The lowest BCUT2D eigenvalue weighted by molar-refractivity contribution is -0.110. The van der Waals surface area contributed by atoms with Gasteiger partial charge in [-0.15, -0.1) is 0 Å². The molecule has 18 heavy (non-hydrogen) atoms. The lowest BCUT2D eigenvalue weighted by Crippen LogP contribution is -2.53. The summed E-state index contributed by atoms with van der Waals surface area (Å²) >= 11 is 0. The van der Waals surface area contributed by atoms with Crippen LogP contribution in [0.4, 0.5) is 4.79 Å². The number of nitrogens with zero attached hydrogens (tertiary/aromatic N) is 2. The average molecular weight is 256 g/mol. The average Bonchev–Trinajstić information content (AvgIpc) is 2.59. The Bertz CT molecular complexity index is 317. The molecule has 2 aliphatic heterocycles. The molecule has 2 aliphatic rings. The van der Waals surface area contributed by atoms with Gasteiger partial charge in [0.25, 0.3) is 0 Å². The maximum atomic E-state index is 11.9. The summed E-state index contributed by atoms with van der Waals surface area (Å²) in [4.78, 5) is 16.0. The SMILES string of the molecule is CN1CCOC12CCN(C(=O)OC(C)(C)C)CC2. The van der Waals surface area contributed by atoms with Gasteiger partial charge in [-0.05, 0) is 27.8 Å². The van der Waals surface area contributed by atoms with Crippen LogP contribution in [-0.4, -0.2) is 60.5 Å². The Hall–Kier alpha value is -0.810. The Balaban J connectivity index is 1.89. The molecule has 5 nitrogen and oxygen atoms in total. The standard InChI is InChI=1S/C13H24N2O3/c1-12(2,3)18-11(16)15-7-5-13(6-8-15)14(4)9-10-17-13/h5-10H2,1-4H3. The van der Waals surface area contributed by atoms with Gasteiger partial charge in [-0.1, -0.05) is 0 Å². The first kappa shape index (κ1) is 13.6. The fraction of sp³-hybridized carbons (Fsp3) is 0.923. The monoisotopic (exact) mass is 256 g/mol. The number of hydrogen-bond donors (Lipinski definition) is 0. The summed E-state index contributed by atoms with van der Waals surface area (Å²) in [5.41, 5.74) is -0.564. The first-order valence-corrected chi connectivity index (χ1v) is 6.66. The quantitative estimate of drug-likeness (QED) is 0.661. The van der Waals surface area contributed by atoms with Gasteiger partial charge in [-0.3, -0.25) is 4.90 Å². The predicted octanol–water partition coefficient (Wildman–Crippen LogP) is 1.68. The van der Waals surface area contributed by atoms with Crippen LogP contribution in [0.15, 0.2) is 0 Å². The summed E-state index contributed by atoms with van der Waals surface area (Å²) in [5, 5.41) is 0. The Morgan fingerprint density at radius 2 is 1.83 bits per heavy atom. The summed E-state index contributed by atoms with van der Waals surface area (Å²) in [6.45, 7) is 8.87. The Kier molecular flexibility index (Phi) is 3.56. The van der Waals surface area contributed by atoms with E-state index in [1.54, 1.807) is 4.90 Å². The van der Waals surface area contributed by atoms with E-state index in [9.17, 15) is 4.79 Å². The molecule has 0 aromatic heterocycles. The van der Waals surface area contributed by atoms with Gasteiger partial charge in [-0.2, -0.15) is 0 Å². The molecule has 0 N–H and O–H groups in total. The van der Waals surface area contributed by atoms with Crippen molar-refractivity contribution in [3.05, 3.63) is 0 Å². The molecule has 0 radical (unpaired) electrons. The van der Waals surface area contributed by atoms with Crippen molar-refractivity contribution in [2.24, 2.45) is 0 Å². The number of ether oxygens (including phenoxy) is 2. The molecule has 0 aromatic rings. The normalized spacial score (nSPS) is 24.6. The number of amides is 1. The van der Waals surface area contributed by atoms with Crippen LogP contribution in [0, 0.1) is 0 Å². The van der Waals surface area contributed by atoms with Crippen molar-refractivity contribution in [1.29, 1.82) is 0 Å². The van der Waals surface area contributed by atoms with E-state index in [0.717, 1.165) is 26.0 Å². The molecule has 5 heteroatoms. The lowest BCUT2D eigenvalue weighted by atomic mass is 10.00. The maximum absolute atomic E-state index is 11.9. The fourth-order valence-electron chi connectivity index (χ4n) is 2.58. The van der Waals surface area contributed by atoms with E-state index < -0.39 is 5.60 Å². The molecule has 104 valence electrons. The molecule has 2 saturated heterocycles. The minimum absolute atomic E-state index is 0.140. The molecule has 2 fully saturated rings. The van der Waals surface area contributed by atoms with E-state index in [-0.39, 0.29) is 11.8 Å². The molecule has 0 aromatic carbocycles. The highest BCUT2D eigenvalue weighted by Gasteiger charge is 2.43. The van der Waals surface area contributed by atoms with Crippen molar-refractivity contribution in [3.63, 3.8) is 0 Å². The summed E-state index contributed by atoms with van der Waals surface area (Å²) in [5.74, 6) is 0. The van der Waals surface area contributed by atoms with Crippen molar-refractivity contribution >= 4 is 6.09 Å². The summed E-state index contributed by atoms with van der Waals surface area (Å²) in [7, 11) is 2.09. The van der Waals surface area contributed by atoms with Crippen LogP contribution in [-0.2, 0) is 9.47 Å². The summed E-state index contributed by atoms with van der Waals surface area (Å²) in [6, 6.07) is 0. The van der Waals surface area contributed by atoms with E-state index in [2.05, 4.69) is 11.9 Å². The summed E-state index contributed by atoms with van der Waals surface area (Å²) in [6.07, 6.45) is 1.52. The van der Waals surface area contributed by atoms with Gasteiger partial charge in [0.15, 0.2) is 0 Å². The van der Waals surface area contributed by atoms with Crippen LogP contribution >= 0.6 is 0 Å². The highest BCUT2D eigenvalue weighted by molar-refractivity contribution is 5.68. The number of carbonyl (C=O) groups excluding carboxylic acids is 1. The zero-order valence-electron chi connectivity index (χ0n) is 11.9. The first-order valence-electron chi connectivity index (χ1n) is 6.66. The van der Waals surface area contributed by atoms with E-state index in [4.69, 9.17) is 9.47 Å². The molecule has 0 saturated carbocycles. The van der Waals surface area contributed by atoms with Gasteiger partial charge in [-0.25, -0.2) is 4.79 Å². The predicted molar refractivity (Wildman–Crippen MR) is 68.4 cm³/mol. The van der Waals surface area contributed by atoms with Crippen LogP contribution in [0.1, 0.15) is 33.6 Å². The summed E-state index contributed by atoms with van der Waals surface area (Å²) < 4.78 is 11.3. The second-order valence-electron chi connectivity index (χ2n) is 6.18. The van der Waals surface area contributed by atoms with Crippen LogP contribution in [0.2, 0.25) is 0 Å². The van der Waals surface area contributed by atoms with Gasteiger partial charge >= 0.3 is 6.09 Å². The molecule has 0 bridgehead atoms. The third-order valence-electron chi connectivity index (χ3n) is 3.69. The highest BCUT2D eigenvalue weighted by atomic mass is 16.6. The molecular weight excluding hydrogens is 232 g/mol. The zero-order valence-corrected chi connectivity index (χ0v) is 11.9. The molecule has 2 heterocycles. The van der Waals surface area contributed by atoms with Gasteiger partial charge in [0.2, 0.25) is 0 Å². The Morgan fingerprint density at radius 3 is 2.28 bits per heavy atom. The van der Waals surface area contributed by atoms with Crippen LogP contribution in [0.3, 0.4) is 0 Å². The Morgan fingerprint density at radius 1 is 1.22 bits per heavy atom. The van der Waals surface area contributed by atoms with Gasteiger partial charge in [0.1, 0.15) is 11.3 Å². The van der Waals surface area contributed by atoms with Crippen molar-refractivity contribution in [1.82, 2.24) is 9.80 Å². The minimum Gasteiger partial charge on any atom is -0.444 e. The third kappa shape index (κ3) is 2.78.